The number of nitrogens with zero attached hydrogens (tertiary/aromatic N) is 1. The number of hydrogen-bond donors (Lipinski definition) is 3. The van der Waals surface area contributed by atoms with Crippen LogP contribution in [0.4, 0.5) is 13.2 Å². The van der Waals surface area contributed by atoms with Crippen molar-refractivity contribution in [2.45, 2.75) is 12.4 Å². The molecule has 0 radical (unpaired) electrons. The highest BCUT2D eigenvalue weighted by Crippen LogP contribution is 2.39. The van der Waals surface area contributed by atoms with Crippen molar-refractivity contribution in [2.24, 2.45) is 0 Å². The molecule has 28 heavy (non-hydrogen) atoms. The van der Waals surface area contributed by atoms with Gasteiger partial charge in [0.25, 0.3) is 0 Å². The van der Waals surface area contributed by atoms with Crippen molar-refractivity contribution in [1.82, 2.24) is 10.2 Å². The fraction of sp³-hybridized carbons (Fsp3) is 0.333. The number of alkyl halides is 3. The van der Waals surface area contributed by atoms with E-state index in [1.54, 1.807) is 12.1 Å². The number of phenols is 2. The lowest BCUT2D eigenvalue weighted by molar-refractivity contribution is -0.274. The summed E-state index contributed by atoms with van der Waals surface area (Å²) < 4.78 is 41.0. The SMILES string of the molecule is Cl.Cl.Oc1cccc([C@H](c2ccc(OC(F)(F)F)cc2)N2CCNCC2)c1O. The Morgan fingerprint density at radius 3 is 2.14 bits per heavy atom. The Morgan fingerprint density at radius 1 is 0.964 bits per heavy atom. The van der Waals surface area contributed by atoms with E-state index in [1.807, 2.05) is 0 Å². The van der Waals surface area contributed by atoms with Crippen LogP contribution in [-0.4, -0.2) is 47.7 Å². The minimum atomic E-state index is -4.75. The van der Waals surface area contributed by atoms with Crippen molar-refractivity contribution in [3.8, 4) is 17.2 Å². The second-order valence-electron chi connectivity index (χ2n) is 6.02. The topological polar surface area (TPSA) is 65.0 Å². The van der Waals surface area contributed by atoms with E-state index in [-0.39, 0.29) is 42.1 Å². The third-order valence-electron chi connectivity index (χ3n) is 4.29. The molecular weight excluding hydrogens is 420 g/mol. The van der Waals surface area contributed by atoms with Crippen molar-refractivity contribution in [2.75, 3.05) is 26.2 Å². The molecule has 1 saturated heterocycles. The molecule has 1 aliphatic heterocycles. The summed E-state index contributed by atoms with van der Waals surface area (Å²) in [5, 5.41) is 23.4. The van der Waals surface area contributed by atoms with Crippen molar-refractivity contribution in [1.29, 1.82) is 0 Å². The Bertz CT molecular complexity index is 755. The zero-order chi connectivity index (χ0) is 18.7. The fourth-order valence-electron chi connectivity index (χ4n) is 3.15. The first-order valence-corrected chi connectivity index (χ1v) is 8.16. The number of ether oxygens (including phenoxy) is 1. The van der Waals surface area contributed by atoms with Crippen molar-refractivity contribution in [3.63, 3.8) is 0 Å². The van der Waals surface area contributed by atoms with Crippen LogP contribution < -0.4 is 10.1 Å². The molecule has 2 aromatic rings. The third-order valence-corrected chi connectivity index (χ3v) is 4.29. The first-order valence-electron chi connectivity index (χ1n) is 8.16. The predicted octanol–water partition coefficient (Wildman–Crippen LogP) is 3.83. The lowest BCUT2D eigenvalue weighted by Gasteiger charge is -2.36. The summed E-state index contributed by atoms with van der Waals surface area (Å²) in [5.41, 5.74) is 1.19. The molecule has 1 heterocycles. The Morgan fingerprint density at radius 2 is 1.57 bits per heavy atom. The van der Waals surface area contributed by atoms with Gasteiger partial charge in [-0.15, -0.1) is 38.0 Å². The molecule has 156 valence electrons. The van der Waals surface area contributed by atoms with Crippen LogP contribution in [0.1, 0.15) is 17.2 Å². The normalized spacial score (nSPS) is 15.8. The summed E-state index contributed by atoms with van der Waals surface area (Å²) in [6, 6.07) is 9.88. The van der Waals surface area contributed by atoms with Crippen molar-refractivity contribution in [3.05, 3.63) is 53.6 Å². The van der Waals surface area contributed by atoms with E-state index in [4.69, 9.17) is 0 Å². The highest BCUT2D eigenvalue weighted by molar-refractivity contribution is 5.85. The second-order valence-corrected chi connectivity index (χ2v) is 6.02. The molecule has 0 saturated carbocycles. The Balaban J connectivity index is 0.00000196. The molecule has 2 aromatic carbocycles. The Labute approximate surface area is 172 Å². The number of hydrogen-bond acceptors (Lipinski definition) is 5. The maximum absolute atomic E-state index is 12.4. The monoisotopic (exact) mass is 440 g/mol. The number of nitrogens with one attached hydrogen (secondary N) is 1. The quantitative estimate of drug-likeness (QED) is 0.630. The number of aromatic hydroxyl groups is 2. The molecule has 1 atom stereocenters. The zero-order valence-corrected chi connectivity index (χ0v) is 16.3. The maximum atomic E-state index is 12.4. The lowest BCUT2D eigenvalue weighted by Crippen LogP contribution is -2.45. The van der Waals surface area contributed by atoms with Crippen molar-refractivity contribution >= 4 is 24.8 Å². The number of piperazine rings is 1. The van der Waals surface area contributed by atoms with Crippen LogP contribution in [0.15, 0.2) is 42.5 Å². The van der Waals surface area contributed by atoms with Crippen LogP contribution in [0.2, 0.25) is 0 Å². The van der Waals surface area contributed by atoms with Gasteiger partial charge in [-0.05, 0) is 23.8 Å². The summed E-state index contributed by atoms with van der Waals surface area (Å²) in [6.07, 6.45) is -4.75. The molecule has 3 N–H and O–H groups in total. The molecule has 1 fully saturated rings. The maximum Gasteiger partial charge on any atom is 0.573 e. The molecule has 10 heteroatoms. The average molecular weight is 441 g/mol. The first kappa shape index (κ1) is 24.2. The van der Waals surface area contributed by atoms with Gasteiger partial charge in [0.05, 0.1) is 6.04 Å². The van der Waals surface area contributed by atoms with Crippen molar-refractivity contribution < 1.29 is 28.1 Å². The molecule has 0 spiro atoms. The van der Waals surface area contributed by atoms with Gasteiger partial charge >= 0.3 is 6.36 Å². The van der Waals surface area contributed by atoms with E-state index < -0.39 is 12.4 Å². The van der Waals surface area contributed by atoms with Gasteiger partial charge in [0.1, 0.15) is 5.75 Å². The number of phenolic OH excluding ortho intramolecular Hbond substituents is 2. The van der Waals surface area contributed by atoms with Gasteiger partial charge in [0, 0.05) is 31.7 Å². The summed E-state index contributed by atoms with van der Waals surface area (Å²) in [7, 11) is 0. The van der Waals surface area contributed by atoms with Crippen LogP contribution in [0.3, 0.4) is 0 Å². The third kappa shape index (κ3) is 5.81. The molecular formula is C18H21Cl2F3N2O3. The molecule has 0 aromatic heterocycles. The van der Waals surface area contributed by atoms with Crippen LogP contribution in [0.25, 0.3) is 0 Å². The van der Waals surface area contributed by atoms with Gasteiger partial charge in [-0.2, -0.15) is 0 Å². The number of para-hydroxylation sites is 1. The molecule has 5 nitrogen and oxygen atoms in total. The van der Waals surface area contributed by atoms with E-state index >= 15 is 0 Å². The molecule has 1 aliphatic rings. The van der Waals surface area contributed by atoms with Crippen LogP contribution in [0, 0.1) is 0 Å². The minimum absolute atomic E-state index is 0. The zero-order valence-electron chi connectivity index (χ0n) is 14.6. The Hall–Kier alpha value is -1.87. The van der Waals surface area contributed by atoms with E-state index in [2.05, 4.69) is 15.0 Å². The van der Waals surface area contributed by atoms with Gasteiger partial charge in [-0.1, -0.05) is 24.3 Å². The van der Waals surface area contributed by atoms with Crippen LogP contribution >= 0.6 is 24.8 Å². The van der Waals surface area contributed by atoms with Gasteiger partial charge < -0.3 is 20.3 Å². The lowest BCUT2D eigenvalue weighted by atomic mass is 9.95. The van der Waals surface area contributed by atoms with E-state index in [0.29, 0.717) is 24.2 Å². The van der Waals surface area contributed by atoms with Gasteiger partial charge in [0.2, 0.25) is 0 Å². The number of rotatable bonds is 4. The fourth-order valence-corrected chi connectivity index (χ4v) is 3.15. The second kappa shape index (κ2) is 10.1. The highest BCUT2D eigenvalue weighted by atomic mass is 35.5. The molecule has 0 unspecified atom stereocenters. The highest BCUT2D eigenvalue weighted by Gasteiger charge is 2.31. The van der Waals surface area contributed by atoms with Gasteiger partial charge in [0.15, 0.2) is 11.5 Å². The van der Waals surface area contributed by atoms with E-state index in [0.717, 1.165) is 13.1 Å². The minimum Gasteiger partial charge on any atom is -0.504 e. The first-order chi connectivity index (χ1) is 12.3. The molecule has 0 amide bonds. The number of halogens is 5. The summed E-state index contributed by atoms with van der Waals surface area (Å²) in [6.45, 7) is 2.90. The standard InChI is InChI=1S/C18H19F3N2O3.2ClH/c19-18(20,21)26-13-6-4-12(5-7-13)16(23-10-8-22-9-11-23)14-2-1-3-15(24)17(14)25;;/h1-7,16,22,24-25H,8-11H2;2*1H/t16-;;/m0../s1. The summed E-state index contributed by atoms with van der Waals surface area (Å²) >= 11 is 0. The van der Waals surface area contributed by atoms with E-state index in [1.165, 1.54) is 30.3 Å². The summed E-state index contributed by atoms with van der Waals surface area (Å²) in [5.74, 6) is -0.772. The largest absolute Gasteiger partial charge is 0.573 e. The smallest absolute Gasteiger partial charge is 0.504 e. The van der Waals surface area contributed by atoms with Crippen LogP contribution in [0.5, 0.6) is 17.2 Å². The van der Waals surface area contributed by atoms with Gasteiger partial charge in [-0.3, -0.25) is 4.90 Å². The Kier molecular flexibility index (Phi) is 8.69. The van der Waals surface area contributed by atoms with E-state index in [9.17, 15) is 23.4 Å². The van der Waals surface area contributed by atoms with Gasteiger partial charge in [-0.25, -0.2) is 0 Å². The van der Waals surface area contributed by atoms with Crippen LogP contribution in [-0.2, 0) is 0 Å². The average Bonchev–Trinajstić information content (AvgIpc) is 2.60. The number of benzene rings is 2. The molecule has 3 rings (SSSR count). The molecule has 0 aliphatic carbocycles. The predicted molar refractivity (Wildman–Crippen MR) is 104 cm³/mol. The summed E-state index contributed by atoms with van der Waals surface area (Å²) in [4.78, 5) is 2.10. The molecule has 0 bridgehead atoms.